The molecular formula is C33H43N3O5S. The Morgan fingerprint density at radius 2 is 1.60 bits per heavy atom. The third kappa shape index (κ3) is 9.62. The molecule has 0 saturated heterocycles. The van der Waals surface area contributed by atoms with Crippen molar-refractivity contribution in [2.24, 2.45) is 5.92 Å². The van der Waals surface area contributed by atoms with E-state index in [0.717, 1.165) is 22.9 Å². The van der Waals surface area contributed by atoms with Crippen LogP contribution in [0.2, 0.25) is 0 Å². The van der Waals surface area contributed by atoms with Gasteiger partial charge in [-0.15, -0.1) is 0 Å². The van der Waals surface area contributed by atoms with Crippen molar-refractivity contribution in [2.45, 2.75) is 52.6 Å². The molecular weight excluding hydrogens is 550 g/mol. The molecule has 2 amide bonds. The summed E-state index contributed by atoms with van der Waals surface area (Å²) in [6, 6.07) is 23.7. The first-order valence-corrected chi connectivity index (χ1v) is 16.1. The second-order valence-corrected chi connectivity index (χ2v) is 12.9. The van der Waals surface area contributed by atoms with Crippen molar-refractivity contribution in [2.75, 3.05) is 30.8 Å². The zero-order valence-electron chi connectivity index (χ0n) is 25.2. The van der Waals surface area contributed by atoms with Gasteiger partial charge in [0, 0.05) is 32.5 Å². The highest BCUT2D eigenvalue weighted by molar-refractivity contribution is 7.92. The van der Waals surface area contributed by atoms with Crippen molar-refractivity contribution in [1.29, 1.82) is 0 Å². The summed E-state index contributed by atoms with van der Waals surface area (Å²) in [6.45, 7) is 6.89. The van der Waals surface area contributed by atoms with Gasteiger partial charge in [-0.1, -0.05) is 86.1 Å². The van der Waals surface area contributed by atoms with E-state index < -0.39 is 16.1 Å². The fourth-order valence-electron chi connectivity index (χ4n) is 4.80. The number of ether oxygens (including phenoxy) is 1. The van der Waals surface area contributed by atoms with Gasteiger partial charge >= 0.3 is 0 Å². The third-order valence-corrected chi connectivity index (χ3v) is 8.08. The highest BCUT2D eigenvalue weighted by Gasteiger charge is 2.31. The van der Waals surface area contributed by atoms with E-state index >= 15 is 0 Å². The summed E-state index contributed by atoms with van der Waals surface area (Å²) < 4.78 is 32.1. The van der Waals surface area contributed by atoms with Crippen molar-refractivity contribution in [3.63, 3.8) is 0 Å². The molecule has 0 radical (unpaired) electrons. The van der Waals surface area contributed by atoms with E-state index in [9.17, 15) is 18.0 Å². The lowest BCUT2D eigenvalue weighted by atomic mass is 10.0. The number of carbonyl (C=O) groups excluding carboxylic acids is 2. The van der Waals surface area contributed by atoms with Crippen LogP contribution in [0, 0.1) is 12.8 Å². The predicted octanol–water partition coefficient (Wildman–Crippen LogP) is 4.96. The molecule has 42 heavy (non-hydrogen) atoms. The minimum Gasteiger partial charge on any atom is -0.495 e. The zero-order valence-corrected chi connectivity index (χ0v) is 26.1. The molecule has 226 valence electrons. The van der Waals surface area contributed by atoms with Gasteiger partial charge in [0.1, 0.15) is 11.8 Å². The molecule has 0 aliphatic rings. The molecule has 8 nitrogen and oxygen atoms in total. The van der Waals surface area contributed by atoms with E-state index in [-0.39, 0.29) is 43.7 Å². The maximum absolute atomic E-state index is 14.0. The fraction of sp³-hybridized carbons (Fsp3) is 0.394. The number of anilines is 1. The number of para-hydroxylation sites is 2. The number of benzene rings is 3. The molecule has 0 spiro atoms. The Bertz CT molecular complexity index is 1430. The number of carbonyl (C=O) groups is 2. The highest BCUT2D eigenvalue weighted by Crippen LogP contribution is 2.30. The van der Waals surface area contributed by atoms with Crippen LogP contribution in [-0.4, -0.2) is 57.6 Å². The van der Waals surface area contributed by atoms with E-state index in [4.69, 9.17) is 4.74 Å². The van der Waals surface area contributed by atoms with Gasteiger partial charge < -0.3 is 15.0 Å². The smallest absolute Gasteiger partial charge is 0.243 e. The second kappa shape index (κ2) is 15.4. The first kappa shape index (κ1) is 32.7. The largest absolute Gasteiger partial charge is 0.495 e. The van der Waals surface area contributed by atoms with Crippen LogP contribution in [0.1, 0.15) is 43.4 Å². The van der Waals surface area contributed by atoms with Crippen LogP contribution in [-0.2, 0) is 32.6 Å². The Balaban J connectivity index is 1.90. The highest BCUT2D eigenvalue weighted by atomic mass is 32.2. The summed E-state index contributed by atoms with van der Waals surface area (Å²) >= 11 is 0. The SMILES string of the molecule is COc1ccccc1N(CCCC(=O)N(Cc1cccc(C)c1)[C@@H](Cc1ccccc1)C(=O)NCC(C)C)S(C)(=O)=O. The summed E-state index contributed by atoms with van der Waals surface area (Å²) in [5.74, 6) is 0.259. The van der Waals surface area contributed by atoms with E-state index in [1.165, 1.54) is 11.4 Å². The third-order valence-electron chi connectivity index (χ3n) is 6.90. The van der Waals surface area contributed by atoms with Crippen molar-refractivity contribution >= 4 is 27.5 Å². The van der Waals surface area contributed by atoms with E-state index in [1.807, 2.05) is 75.4 Å². The molecule has 0 heterocycles. The minimum atomic E-state index is -3.64. The molecule has 0 saturated carbocycles. The van der Waals surface area contributed by atoms with Crippen molar-refractivity contribution in [3.8, 4) is 5.75 Å². The average molecular weight is 594 g/mol. The topological polar surface area (TPSA) is 96.0 Å². The maximum atomic E-state index is 14.0. The summed E-state index contributed by atoms with van der Waals surface area (Å²) in [7, 11) is -2.15. The van der Waals surface area contributed by atoms with Crippen LogP contribution in [0.5, 0.6) is 5.75 Å². The van der Waals surface area contributed by atoms with Gasteiger partial charge in [-0.2, -0.15) is 0 Å². The molecule has 1 atom stereocenters. The molecule has 3 aromatic carbocycles. The molecule has 9 heteroatoms. The number of sulfonamides is 1. The van der Waals surface area contributed by atoms with E-state index in [2.05, 4.69) is 5.32 Å². The standard InChI is InChI=1S/C33H43N3O5S/c1-25(2)23-34-33(38)30(22-27-14-7-6-8-15-27)35(24-28-16-11-13-26(3)21-28)32(37)19-12-20-36(42(5,39)40)29-17-9-10-18-31(29)41-4/h6-11,13-18,21,25,30H,12,19-20,22-24H2,1-5H3,(H,34,38)/t30-/m0/s1. The molecule has 0 aliphatic heterocycles. The molecule has 0 fully saturated rings. The number of methoxy groups -OCH3 is 1. The Kier molecular flexibility index (Phi) is 12.0. The number of nitrogens with zero attached hydrogens (tertiary/aromatic N) is 2. The van der Waals surface area contributed by atoms with Crippen LogP contribution in [0.15, 0.2) is 78.9 Å². The van der Waals surface area contributed by atoms with Crippen molar-refractivity contribution in [1.82, 2.24) is 10.2 Å². The Hall–Kier alpha value is -3.85. The molecule has 0 aromatic heterocycles. The maximum Gasteiger partial charge on any atom is 0.243 e. The average Bonchev–Trinajstić information content (AvgIpc) is 2.95. The first-order chi connectivity index (χ1) is 20.0. The van der Waals surface area contributed by atoms with Crippen LogP contribution >= 0.6 is 0 Å². The molecule has 0 unspecified atom stereocenters. The van der Waals surface area contributed by atoms with Crippen LogP contribution in [0.25, 0.3) is 0 Å². The first-order valence-electron chi connectivity index (χ1n) is 14.3. The normalized spacial score (nSPS) is 12.0. The Morgan fingerprint density at radius 3 is 2.24 bits per heavy atom. The summed E-state index contributed by atoms with van der Waals surface area (Å²) in [4.78, 5) is 29.2. The second-order valence-electron chi connectivity index (χ2n) is 11.0. The number of aryl methyl sites for hydroxylation is 1. The summed E-state index contributed by atoms with van der Waals surface area (Å²) in [6.07, 6.45) is 1.83. The number of hydrogen-bond acceptors (Lipinski definition) is 5. The lowest BCUT2D eigenvalue weighted by Gasteiger charge is -2.32. The van der Waals surface area contributed by atoms with Crippen molar-refractivity contribution in [3.05, 3.63) is 95.6 Å². The van der Waals surface area contributed by atoms with Gasteiger partial charge in [-0.3, -0.25) is 13.9 Å². The van der Waals surface area contributed by atoms with Crippen molar-refractivity contribution < 1.29 is 22.7 Å². The molecule has 0 bridgehead atoms. The zero-order chi connectivity index (χ0) is 30.7. The number of nitrogens with one attached hydrogen (secondary N) is 1. The van der Waals surface area contributed by atoms with Gasteiger partial charge in [0.2, 0.25) is 21.8 Å². The van der Waals surface area contributed by atoms with E-state index in [1.54, 1.807) is 29.2 Å². The fourth-order valence-corrected chi connectivity index (χ4v) is 5.77. The molecule has 1 N–H and O–H groups in total. The van der Waals surface area contributed by atoms with Crippen LogP contribution < -0.4 is 14.4 Å². The van der Waals surface area contributed by atoms with Gasteiger partial charge in [-0.25, -0.2) is 8.42 Å². The van der Waals surface area contributed by atoms with Crippen LogP contribution in [0.3, 0.4) is 0 Å². The number of amides is 2. The van der Waals surface area contributed by atoms with Gasteiger partial charge in [0.15, 0.2) is 0 Å². The lowest BCUT2D eigenvalue weighted by Crippen LogP contribution is -2.51. The molecule has 3 rings (SSSR count). The van der Waals surface area contributed by atoms with Gasteiger partial charge in [0.25, 0.3) is 0 Å². The Morgan fingerprint density at radius 1 is 0.929 bits per heavy atom. The van der Waals surface area contributed by atoms with E-state index in [0.29, 0.717) is 24.4 Å². The van der Waals surface area contributed by atoms with Gasteiger partial charge in [-0.05, 0) is 42.5 Å². The molecule has 3 aromatic rings. The Labute approximate surface area is 250 Å². The van der Waals surface area contributed by atoms with Gasteiger partial charge in [0.05, 0.1) is 19.1 Å². The lowest BCUT2D eigenvalue weighted by molar-refractivity contribution is -0.141. The summed E-state index contributed by atoms with van der Waals surface area (Å²) in [5.41, 5.74) is 3.35. The van der Waals surface area contributed by atoms with Crippen LogP contribution in [0.4, 0.5) is 5.69 Å². The quantitative estimate of drug-likeness (QED) is 0.269. The predicted molar refractivity (Wildman–Crippen MR) is 168 cm³/mol. The molecule has 0 aliphatic carbocycles. The summed E-state index contributed by atoms with van der Waals surface area (Å²) in [5, 5.41) is 3.03. The monoisotopic (exact) mass is 593 g/mol. The number of rotatable bonds is 15. The number of hydrogen-bond donors (Lipinski definition) is 1. The minimum absolute atomic E-state index is 0.0652.